The van der Waals surface area contributed by atoms with Crippen LogP contribution in [0.1, 0.15) is 74.3 Å². The standard InChI is InChI=1S/C12H11F3N2.C11H11ClF3N/c1-16-9-6-10(11(13)17-7-9)8-2-4-12(14,15)5-3-8;12-8-5-9(10(13)16-6-8)7-1-3-11(14,15)4-2-7/h6-8H,2-5H2;5-7H,1-4H2. The largest absolute Gasteiger partial charge is 0.248 e. The van der Waals surface area contributed by atoms with Crippen molar-refractivity contribution in [1.29, 1.82) is 0 Å². The predicted octanol–water partition coefficient (Wildman–Crippen LogP) is 8.23. The van der Waals surface area contributed by atoms with Crippen LogP contribution in [-0.2, 0) is 0 Å². The molecule has 0 aromatic carbocycles. The summed E-state index contributed by atoms with van der Waals surface area (Å²) in [5.74, 6) is -6.90. The molecule has 2 heterocycles. The molecular formula is C23H22ClF6N3. The van der Waals surface area contributed by atoms with Gasteiger partial charge in [0.05, 0.1) is 11.6 Å². The van der Waals surface area contributed by atoms with Gasteiger partial charge in [-0.1, -0.05) is 11.6 Å². The topological polar surface area (TPSA) is 30.1 Å². The van der Waals surface area contributed by atoms with Crippen LogP contribution < -0.4 is 0 Å². The lowest BCUT2D eigenvalue weighted by molar-refractivity contribution is -0.0390. The summed E-state index contributed by atoms with van der Waals surface area (Å²) in [6.07, 6.45) is 2.60. The Bertz CT molecular complexity index is 1000. The van der Waals surface area contributed by atoms with Gasteiger partial charge in [-0.05, 0) is 55.2 Å². The summed E-state index contributed by atoms with van der Waals surface area (Å²) in [5, 5.41) is 0.341. The van der Waals surface area contributed by atoms with Crippen molar-refractivity contribution in [3.8, 4) is 0 Å². The van der Waals surface area contributed by atoms with E-state index in [9.17, 15) is 26.3 Å². The average molecular weight is 490 g/mol. The summed E-state index contributed by atoms with van der Waals surface area (Å²) in [4.78, 5) is 10.2. The number of rotatable bonds is 2. The molecule has 0 aliphatic heterocycles. The summed E-state index contributed by atoms with van der Waals surface area (Å²) in [5.41, 5.74) is 0.913. The molecule has 3 nitrogen and oxygen atoms in total. The van der Waals surface area contributed by atoms with Gasteiger partial charge in [0.25, 0.3) is 0 Å². The van der Waals surface area contributed by atoms with Crippen molar-refractivity contribution in [1.82, 2.24) is 9.97 Å². The van der Waals surface area contributed by atoms with Gasteiger partial charge in [-0.2, -0.15) is 8.78 Å². The lowest BCUT2D eigenvalue weighted by atomic mass is 9.82. The highest BCUT2D eigenvalue weighted by Crippen LogP contribution is 2.42. The summed E-state index contributed by atoms with van der Waals surface area (Å²) in [6.45, 7) is 6.83. The van der Waals surface area contributed by atoms with Crippen LogP contribution in [0.25, 0.3) is 4.85 Å². The minimum absolute atomic E-state index is 0.189. The van der Waals surface area contributed by atoms with Gasteiger partial charge in [0.1, 0.15) is 0 Å². The molecular weight excluding hydrogens is 468 g/mol. The molecule has 0 saturated heterocycles. The number of alkyl halides is 4. The zero-order valence-electron chi connectivity index (χ0n) is 17.6. The monoisotopic (exact) mass is 489 g/mol. The first-order valence-electron chi connectivity index (χ1n) is 10.6. The number of nitrogens with zero attached hydrogens (tertiary/aromatic N) is 3. The van der Waals surface area contributed by atoms with Crippen LogP contribution in [0.2, 0.25) is 5.02 Å². The first kappa shape index (κ1) is 25.3. The Morgan fingerprint density at radius 3 is 1.67 bits per heavy atom. The zero-order chi connectivity index (χ0) is 24.2. The Morgan fingerprint density at radius 2 is 1.21 bits per heavy atom. The molecule has 0 unspecified atom stereocenters. The second kappa shape index (κ2) is 10.3. The van der Waals surface area contributed by atoms with Gasteiger partial charge in [0.15, 0.2) is 0 Å². The van der Waals surface area contributed by atoms with Gasteiger partial charge in [0.2, 0.25) is 29.4 Å². The third kappa shape index (κ3) is 6.83. The van der Waals surface area contributed by atoms with Gasteiger partial charge in [-0.25, -0.2) is 32.4 Å². The van der Waals surface area contributed by atoms with E-state index in [1.807, 2.05) is 0 Å². The third-order valence-corrected chi connectivity index (χ3v) is 6.33. The average Bonchev–Trinajstić information content (AvgIpc) is 2.77. The molecule has 0 radical (unpaired) electrons. The maximum atomic E-state index is 13.5. The molecule has 0 bridgehead atoms. The molecule has 2 saturated carbocycles. The summed E-state index contributed by atoms with van der Waals surface area (Å²) in [6, 6.07) is 2.90. The quantitative estimate of drug-likeness (QED) is 0.241. The smallest absolute Gasteiger partial charge is 0.240 e. The number of hydrogen-bond acceptors (Lipinski definition) is 2. The van der Waals surface area contributed by atoms with Crippen LogP contribution in [0, 0.1) is 18.5 Å². The van der Waals surface area contributed by atoms with E-state index in [1.165, 1.54) is 18.3 Å². The molecule has 0 N–H and O–H groups in total. The highest BCUT2D eigenvalue weighted by atomic mass is 35.5. The minimum atomic E-state index is -2.63. The molecule has 0 spiro atoms. The normalized spacial score (nSPS) is 20.4. The lowest BCUT2D eigenvalue weighted by Crippen LogP contribution is -2.24. The molecule has 10 heteroatoms. The fourth-order valence-electron chi connectivity index (χ4n) is 4.23. The molecule has 2 aromatic rings. The van der Waals surface area contributed by atoms with E-state index in [0.29, 0.717) is 16.1 Å². The van der Waals surface area contributed by atoms with Gasteiger partial charge in [-0.15, -0.1) is 0 Å². The van der Waals surface area contributed by atoms with Crippen molar-refractivity contribution in [2.45, 2.75) is 75.0 Å². The summed E-state index contributed by atoms with van der Waals surface area (Å²) in [7, 11) is 0. The van der Waals surface area contributed by atoms with Gasteiger partial charge >= 0.3 is 0 Å². The second-order valence-electron chi connectivity index (χ2n) is 8.48. The maximum Gasteiger partial charge on any atom is 0.248 e. The molecule has 2 aliphatic rings. The molecule has 2 fully saturated rings. The van der Waals surface area contributed by atoms with E-state index in [2.05, 4.69) is 14.8 Å². The van der Waals surface area contributed by atoms with Crippen LogP contribution in [0.4, 0.5) is 32.0 Å². The van der Waals surface area contributed by atoms with Crippen LogP contribution in [0.15, 0.2) is 24.5 Å². The van der Waals surface area contributed by atoms with Crippen LogP contribution >= 0.6 is 11.6 Å². The molecule has 2 aliphatic carbocycles. The van der Waals surface area contributed by atoms with E-state index in [1.54, 1.807) is 0 Å². The van der Waals surface area contributed by atoms with Gasteiger partial charge in [-0.3, -0.25) is 0 Å². The van der Waals surface area contributed by atoms with E-state index in [0.717, 1.165) is 6.20 Å². The Balaban J connectivity index is 0.000000186. The van der Waals surface area contributed by atoms with Crippen LogP contribution in [0.3, 0.4) is 0 Å². The fourth-order valence-corrected chi connectivity index (χ4v) is 4.39. The lowest BCUT2D eigenvalue weighted by Gasteiger charge is -2.28. The van der Waals surface area contributed by atoms with Gasteiger partial charge < -0.3 is 0 Å². The van der Waals surface area contributed by atoms with Crippen molar-refractivity contribution in [2.24, 2.45) is 0 Å². The molecule has 33 heavy (non-hydrogen) atoms. The number of hydrogen-bond donors (Lipinski definition) is 0. The number of aromatic nitrogens is 2. The Hall–Kier alpha value is -2.34. The highest BCUT2D eigenvalue weighted by Gasteiger charge is 2.37. The molecule has 178 valence electrons. The zero-order valence-corrected chi connectivity index (χ0v) is 18.4. The fraction of sp³-hybridized carbons (Fsp3) is 0.522. The summed E-state index contributed by atoms with van der Waals surface area (Å²) >= 11 is 5.71. The highest BCUT2D eigenvalue weighted by molar-refractivity contribution is 6.30. The molecule has 2 aromatic heterocycles. The molecule has 4 rings (SSSR count). The molecule has 0 atom stereocenters. The number of halogens is 7. The van der Waals surface area contributed by atoms with Crippen molar-refractivity contribution < 1.29 is 26.3 Å². The minimum Gasteiger partial charge on any atom is -0.240 e. The maximum absolute atomic E-state index is 13.5. The Labute approximate surface area is 193 Å². The first-order chi connectivity index (χ1) is 15.5. The van der Waals surface area contributed by atoms with Crippen molar-refractivity contribution in [3.63, 3.8) is 0 Å². The molecule has 0 amide bonds. The van der Waals surface area contributed by atoms with E-state index in [-0.39, 0.29) is 68.9 Å². The first-order valence-corrected chi connectivity index (χ1v) is 11.0. The second-order valence-corrected chi connectivity index (χ2v) is 8.92. The van der Waals surface area contributed by atoms with E-state index >= 15 is 0 Å². The van der Waals surface area contributed by atoms with Crippen molar-refractivity contribution in [3.05, 3.63) is 64.0 Å². The predicted molar refractivity (Wildman–Crippen MR) is 112 cm³/mol. The Kier molecular flexibility index (Phi) is 7.88. The van der Waals surface area contributed by atoms with Crippen molar-refractivity contribution >= 4 is 17.3 Å². The van der Waals surface area contributed by atoms with Crippen LogP contribution in [0.5, 0.6) is 0 Å². The SMILES string of the molecule is Fc1ncc(Cl)cc1C1CCC(F)(F)CC1.[C-]#[N+]c1cnc(F)c(C2CCC(F)(F)CC2)c1. The van der Waals surface area contributed by atoms with E-state index < -0.39 is 23.7 Å². The third-order valence-electron chi connectivity index (χ3n) is 6.13. The van der Waals surface area contributed by atoms with E-state index in [4.69, 9.17) is 18.2 Å². The van der Waals surface area contributed by atoms with Crippen LogP contribution in [-0.4, -0.2) is 21.8 Å². The van der Waals surface area contributed by atoms with Crippen molar-refractivity contribution in [2.75, 3.05) is 0 Å². The number of pyridine rings is 2. The summed E-state index contributed by atoms with van der Waals surface area (Å²) < 4.78 is 78.7. The van der Waals surface area contributed by atoms with Gasteiger partial charge in [0, 0.05) is 43.6 Å². The Morgan fingerprint density at radius 1 is 0.788 bits per heavy atom.